The van der Waals surface area contributed by atoms with E-state index in [-0.39, 0.29) is 5.91 Å². The van der Waals surface area contributed by atoms with Gasteiger partial charge in [0.25, 0.3) is 5.91 Å². The third-order valence-electron chi connectivity index (χ3n) is 4.14. The highest BCUT2D eigenvalue weighted by Crippen LogP contribution is 2.27. The van der Waals surface area contributed by atoms with Crippen LogP contribution in [0.1, 0.15) is 25.3 Å². The Morgan fingerprint density at radius 2 is 1.78 bits per heavy atom. The summed E-state index contributed by atoms with van der Waals surface area (Å²) < 4.78 is 16.3. The topological polar surface area (TPSA) is 56.8 Å². The summed E-state index contributed by atoms with van der Waals surface area (Å²) in [6, 6.07) is 12.8. The van der Waals surface area contributed by atoms with Crippen LogP contribution in [0.4, 0.5) is 0 Å². The minimum Gasteiger partial charge on any atom is -0.493 e. The molecule has 1 atom stereocenters. The molecule has 146 valence electrons. The minimum atomic E-state index is -0.521. The van der Waals surface area contributed by atoms with E-state index in [4.69, 9.17) is 25.8 Å². The number of aryl methyl sites for hydroxylation is 1. The van der Waals surface area contributed by atoms with Gasteiger partial charge in [0.05, 0.1) is 14.2 Å². The Morgan fingerprint density at radius 1 is 1.07 bits per heavy atom. The van der Waals surface area contributed by atoms with Crippen molar-refractivity contribution in [3.63, 3.8) is 0 Å². The lowest BCUT2D eigenvalue weighted by Crippen LogP contribution is -2.38. The third kappa shape index (κ3) is 6.36. The molecule has 0 saturated carbocycles. The zero-order valence-electron chi connectivity index (χ0n) is 16.0. The van der Waals surface area contributed by atoms with Crippen LogP contribution in [0.25, 0.3) is 0 Å². The second-order valence-electron chi connectivity index (χ2n) is 6.05. The van der Waals surface area contributed by atoms with Gasteiger partial charge in [-0.05, 0) is 61.2 Å². The first-order valence-electron chi connectivity index (χ1n) is 8.98. The molecule has 0 aliphatic heterocycles. The van der Waals surface area contributed by atoms with E-state index < -0.39 is 6.10 Å². The monoisotopic (exact) mass is 391 g/mol. The summed E-state index contributed by atoms with van der Waals surface area (Å²) in [5.41, 5.74) is 1.13. The zero-order chi connectivity index (χ0) is 19.6. The van der Waals surface area contributed by atoms with E-state index in [2.05, 4.69) is 5.32 Å². The summed E-state index contributed by atoms with van der Waals surface area (Å²) in [6.45, 7) is 2.50. The molecule has 1 N–H and O–H groups in total. The van der Waals surface area contributed by atoms with E-state index in [0.29, 0.717) is 35.2 Å². The number of benzene rings is 2. The van der Waals surface area contributed by atoms with E-state index in [9.17, 15) is 4.79 Å². The standard InChI is InChI=1S/C21H26ClNO4/c1-4-18(27-17-10-8-16(22)9-11-17)21(24)23-13-5-6-15-7-12-19(25-2)20(14-15)26-3/h7-12,14,18H,4-6,13H2,1-3H3,(H,23,24)/t18-/m1/s1. The van der Waals surface area contributed by atoms with E-state index in [1.165, 1.54) is 0 Å². The van der Waals surface area contributed by atoms with E-state index in [0.717, 1.165) is 18.4 Å². The van der Waals surface area contributed by atoms with Crippen LogP contribution in [-0.2, 0) is 11.2 Å². The van der Waals surface area contributed by atoms with Gasteiger partial charge in [0.1, 0.15) is 5.75 Å². The molecule has 0 saturated heterocycles. The molecule has 0 heterocycles. The average Bonchev–Trinajstić information content (AvgIpc) is 2.70. The van der Waals surface area contributed by atoms with Crippen LogP contribution in [-0.4, -0.2) is 32.8 Å². The summed E-state index contributed by atoms with van der Waals surface area (Å²) in [5.74, 6) is 1.94. The predicted molar refractivity (Wildman–Crippen MR) is 107 cm³/mol. The highest BCUT2D eigenvalue weighted by atomic mass is 35.5. The number of hydrogen-bond acceptors (Lipinski definition) is 4. The second-order valence-corrected chi connectivity index (χ2v) is 6.49. The molecule has 2 rings (SSSR count). The number of nitrogens with one attached hydrogen (secondary N) is 1. The van der Waals surface area contributed by atoms with Crippen LogP contribution in [0.5, 0.6) is 17.2 Å². The molecule has 0 fully saturated rings. The van der Waals surface area contributed by atoms with Crippen molar-refractivity contribution >= 4 is 17.5 Å². The van der Waals surface area contributed by atoms with Gasteiger partial charge < -0.3 is 19.5 Å². The number of rotatable bonds is 10. The van der Waals surface area contributed by atoms with Crippen molar-refractivity contribution in [2.24, 2.45) is 0 Å². The van der Waals surface area contributed by atoms with Crippen LogP contribution in [0.3, 0.4) is 0 Å². The smallest absolute Gasteiger partial charge is 0.261 e. The van der Waals surface area contributed by atoms with Crippen molar-refractivity contribution in [3.05, 3.63) is 53.1 Å². The SMILES string of the molecule is CC[C@@H](Oc1ccc(Cl)cc1)C(=O)NCCCc1ccc(OC)c(OC)c1. The maximum Gasteiger partial charge on any atom is 0.261 e. The van der Waals surface area contributed by atoms with Crippen molar-refractivity contribution in [3.8, 4) is 17.2 Å². The quantitative estimate of drug-likeness (QED) is 0.615. The van der Waals surface area contributed by atoms with Gasteiger partial charge >= 0.3 is 0 Å². The van der Waals surface area contributed by atoms with Crippen molar-refractivity contribution in [1.82, 2.24) is 5.32 Å². The van der Waals surface area contributed by atoms with Crippen LogP contribution in [0.15, 0.2) is 42.5 Å². The van der Waals surface area contributed by atoms with Crippen molar-refractivity contribution in [1.29, 1.82) is 0 Å². The summed E-state index contributed by atoms with van der Waals surface area (Å²) in [6.07, 6.45) is 1.71. The molecule has 6 heteroatoms. The Hall–Kier alpha value is -2.40. The lowest BCUT2D eigenvalue weighted by atomic mass is 10.1. The van der Waals surface area contributed by atoms with E-state index in [1.807, 2.05) is 25.1 Å². The van der Waals surface area contributed by atoms with Gasteiger partial charge in [0.15, 0.2) is 17.6 Å². The number of hydrogen-bond donors (Lipinski definition) is 1. The van der Waals surface area contributed by atoms with Crippen molar-refractivity contribution in [2.75, 3.05) is 20.8 Å². The zero-order valence-corrected chi connectivity index (χ0v) is 16.7. The molecular formula is C21H26ClNO4. The van der Waals surface area contributed by atoms with Gasteiger partial charge in [0.2, 0.25) is 0 Å². The van der Waals surface area contributed by atoms with E-state index >= 15 is 0 Å². The molecule has 0 aliphatic carbocycles. The maximum absolute atomic E-state index is 12.3. The largest absolute Gasteiger partial charge is 0.493 e. The fourth-order valence-electron chi connectivity index (χ4n) is 2.65. The Kier molecular flexibility index (Phi) is 8.27. The Bertz CT molecular complexity index is 733. The molecule has 0 unspecified atom stereocenters. The number of carbonyl (C=O) groups excluding carboxylic acids is 1. The molecule has 2 aromatic rings. The predicted octanol–water partition coefficient (Wildman–Crippen LogP) is 4.26. The van der Waals surface area contributed by atoms with Crippen molar-refractivity contribution in [2.45, 2.75) is 32.3 Å². The second kappa shape index (κ2) is 10.7. The maximum atomic E-state index is 12.3. The number of ether oxygens (including phenoxy) is 3. The first-order valence-corrected chi connectivity index (χ1v) is 9.36. The van der Waals surface area contributed by atoms with Crippen molar-refractivity contribution < 1.29 is 19.0 Å². The molecule has 0 aromatic heterocycles. The molecule has 2 aromatic carbocycles. The van der Waals surface area contributed by atoms with Gasteiger partial charge in [-0.15, -0.1) is 0 Å². The molecule has 0 aliphatic rings. The number of carbonyl (C=O) groups is 1. The average molecular weight is 392 g/mol. The van der Waals surface area contributed by atoms with Crippen LogP contribution in [0, 0.1) is 0 Å². The number of halogens is 1. The van der Waals surface area contributed by atoms with Gasteiger partial charge in [-0.3, -0.25) is 4.79 Å². The normalized spacial score (nSPS) is 11.6. The fraction of sp³-hybridized carbons (Fsp3) is 0.381. The summed E-state index contributed by atoms with van der Waals surface area (Å²) in [5, 5.41) is 3.58. The highest BCUT2D eigenvalue weighted by Gasteiger charge is 2.17. The Labute approximate surface area is 165 Å². The first kappa shape index (κ1) is 20.9. The van der Waals surface area contributed by atoms with Crippen LogP contribution < -0.4 is 19.5 Å². The minimum absolute atomic E-state index is 0.111. The van der Waals surface area contributed by atoms with E-state index in [1.54, 1.807) is 38.5 Å². The third-order valence-corrected chi connectivity index (χ3v) is 4.40. The molecule has 0 bridgehead atoms. The summed E-state index contributed by atoms with van der Waals surface area (Å²) in [4.78, 5) is 12.3. The molecular weight excluding hydrogens is 366 g/mol. The van der Waals surface area contributed by atoms with Crippen LogP contribution in [0.2, 0.25) is 5.02 Å². The number of amides is 1. The first-order chi connectivity index (χ1) is 13.1. The Morgan fingerprint density at radius 3 is 2.41 bits per heavy atom. The van der Waals surface area contributed by atoms with Gasteiger partial charge in [0, 0.05) is 11.6 Å². The molecule has 0 spiro atoms. The van der Waals surface area contributed by atoms with Crippen LogP contribution >= 0.6 is 11.6 Å². The molecule has 1 amide bonds. The summed E-state index contributed by atoms with van der Waals surface area (Å²) in [7, 11) is 3.23. The summed E-state index contributed by atoms with van der Waals surface area (Å²) >= 11 is 5.87. The molecule has 0 radical (unpaired) electrons. The van der Waals surface area contributed by atoms with Gasteiger partial charge in [-0.2, -0.15) is 0 Å². The fourth-order valence-corrected chi connectivity index (χ4v) is 2.78. The number of methoxy groups -OCH3 is 2. The van der Waals surface area contributed by atoms with Gasteiger partial charge in [-0.1, -0.05) is 24.6 Å². The lowest BCUT2D eigenvalue weighted by molar-refractivity contribution is -0.128. The highest BCUT2D eigenvalue weighted by molar-refractivity contribution is 6.30. The molecule has 27 heavy (non-hydrogen) atoms. The molecule has 5 nitrogen and oxygen atoms in total. The van der Waals surface area contributed by atoms with Gasteiger partial charge in [-0.25, -0.2) is 0 Å². The lowest BCUT2D eigenvalue weighted by Gasteiger charge is -2.17. The Balaban J connectivity index is 1.79.